The molecule has 0 saturated carbocycles. The van der Waals surface area contributed by atoms with Gasteiger partial charge in [0, 0.05) is 75.1 Å². The normalized spacial score (nSPS) is 16.9. The van der Waals surface area contributed by atoms with E-state index in [1.807, 2.05) is 0 Å². The molecule has 0 unspecified atom stereocenters. The van der Waals surface area contributed by atoms with Gasteiger partial charge in [-0.05, 0) is 37.6 Å². The molecule has 2 atom stereocenters. The van der Waals surface area contributed by atoms with Crippen molar-refractivity contribution in [1.29, 1.82) is 0 Å². The van der Waals surface area contributed by atoms with Crippen molar-refractivity contribution in [3.05, 3.63) is 68.0 Å². The molecular weight excluding hydrogens is 741 g/mol. The number of amides is 3. The molecule has 2 saturated heterocycles. The standard InChI is InChI=1S/C44H68N6O8/c1-3-4-5-6-7-8-9-10-11-12-13-14-15-16-17-18-25-46-42(54)35-19-21-36(22-20-35)43(55)49-28-26-48(27-29-49)38(51)23-24-40(52)57-33-37-30-45-31-39(58-37)50-32-34(2)41(53)47-44(50)56/h19-22,32,37,39,45H,3-18,23-31,33H2,1-2H3,(H,46,54)(H,47,53,56)/t37-,39+/m0/s1. The highest BCUT2D eigenvalue weighted by Gasteiger charge is 2.27. The Morgan fingerprint density at radius 1 is 0.741 bits per heavy atom. The lowest BCUT2D eigenvalue weighted by Gasteiger charge is -2.35. The SMILES string of the molecule is CCCCCCCCCCCCCCCCCCNC(=O)c1ccc(C(=O)N2CCN(C(=O)CCC(=O)OC[C@@H]3CNC[C@H](n4cc(C)c(=O)[nH]c4=O)O3)CC2)cc1. The lowest BCUT2D eigenvalue weighted by molar-refractivity contribution is -0.156. The zero-order valence-corrected chi connectivity index (χ0v) is 35.0. The van der Waals surface area contributed by atoms with Gasteiger partial charge in [0.15, 0.2) is 6.23 Å². The van der Waals surface area contributed by atoms with Crippen LogP contribution in [0.1, 0.15) is 155 Å². The molecule has 2 aromatic rings. The molecule has 14 heteroatoms. The van der Waals surface area contributed by atoms with E-state index >= 15 is 0 Å². The quantitative estimate of drug-likeness (QED) is 0.0850. The van der Waals surface area contributed by atoms with Gasteiger partial charge in [-0.3, -0.25) is 33.5 Å². The fourth-order valence-corrected chi connectivity index (χ4v) is 7.46. The molecule has 322 valence electrons. The van der Waals surface area contributed by atoms with Crippen molar-refractivity contribution < 1.29 is 28.7 Å². The van der Waals surface area contributed by atoms with Crippen LogP contribution in [0.4, 0.5) is 0 Å². The molecule has 3 N–H and O–H groups in total. The minimum atomic E-state index is -0.679. The zero-order chi connectivity index (χ0) is 41.5. The third-order valence-electron chi connectivity index (χ3n) is 11.1. The average molecular weight is 809 g/mol. The van der Waals surface area contributed by atoms with Crippen LogP contribution in [-0.4, -0.2) is 102 Å². The number of carbonyl (C=O) groups excluding carboxylic acids is 4. The number of aromatic amines is 1. The first-order valence-corrected chi connectivity index (χ1v) is 22.0. The van der Waals surface area contributed by atoms with Crippen LogP contribution in [0.25, 0.3) is 0 Å². The number of rotatable bonds is 25. The number of carbonyl (C=O) groups is 4. The average Bonchev–Trinajstić information content (AvgIpc) is 3.24. The highest BCUT2D eigenvalue weighted by Crippen LogP contribution is 2.16. The van der Waals surface area contributed by atoms with Gasteiger partial charge in [0.25, 0.3) is 17.4 Å². The van der Waals surface area contributed by atoms with Gasteiger partial charge < -0.3 is 29.9 Å². The van der Waals surface area contributed by atoms with E-state index in [-0.39, 0.29) is 37.2 Å². The molecule has 0 radical (unpaired) electrons. The summed E-state index contributed by atoms with van der Waals surface area (Å²) in [5.41, 5.74) is 0.332. The number of nitrogens with one attached hydrogen (secondary N) is 3. The maximum absolute atomic E-state index is 13.2. The van der Waals surface area contributed by atoms with E-state index in [0.29, 0.717) is 62.5 Å². The minimum Gasteiger partial charge on any atom is -0.463 e. The molecule has 0 aliphatic carbocycles. The number of H-pyrrole nitrogens is 1. The number of hydrogen-bond acceptors (Lipinski definition) is 9. The Morgan fingerprint density at radius 2 is 1.29 bits per heavy atom. The summed E-state index contributed by atoms with van der Waals surface area (Å²) in [6, 6.07) is 6.71. The van der Waals surface area contributed by atoms with Crippen molar-refractivity contribution in [1.82, 2.24) is 30.0 Å². The topological polar surface area (TPSA) is 172 Å². The Bertz CT molecular complexity index is 1680. The Hall–Kier alpha value is -4.30. The van der Waals surface area contributed by atoms with Gasteiger partial charge in [0.05, 0.1) is 6.42 Å². The monoisotopic (exact) mass is 809 g/mol. The molecule has 1 aromatic heterocycles. The molecular formula is C44H68N6O8. The fourth-order valence-electron chi connectivity index (χ4n) is 7.46. The van der Waals surface area contributed by atoms with Crippen LogP contribution >= 0.6 is 0 Å². The third-order valence-corrected chi connectivity index (χ3v) is 11.1. The van der Waals surface area contributed by atoms with Gasteiger partial charge in [0.2, 0.25) is 5.91 Å². The van der Waals surface area contributed by atoms with Crippen LogP contribution in [0.15, 0.2) is 40.1 Å². The first kappa shape index (κ1) is 46.4. The van der Waals surface area contributed by atoms with Crippen molar-refractivity contribution in [2.45, 2.75) is 142 Å². The highest BCUT2D eigenvalue weighted by atomic mass is 16.6. The lowest BCUT2D eigenvalue weighted by atomic mass is 10.0. The van der Waals surface area contributed by atoms with Crippen LogP contribution in [0, 0.1) is 6.92 Å². The van der Waals surface area contributed by atoms with Gasteiger partial charge in [-0.2, -0.15) is 0 Å². The smallest absolute Gasteiger partial charge is 0.330 e. The number of morpholine rings is 1. The molecule has 4 rings (SSSR count). The van der Waals surface area contributed by atoms with E-state index in [0.717, 1.165) is 12.8 Å². The highest BCUT2D eigenvalue weighted by molar-refractivity contribution is 5.98. The van der Waals surface area contributed by atoms with Crippen LogP contribution in [0.5, 0.6) is 0 Å². The Kier molecular flexibility index (Phi) is 20.7. The zero-order valence-electron chi connectivity index (χ0n) is 35.0. The maximum atomic E-state index is 13.2. The summed E-state index contributed by atoms with van der Waals surface area (Å²) in [4.78, 5) is 80.7. The second-order valence-electron chi connectivity index (χ2n) is 15.8. The summed E-state index contributed by atoms with van der Waals surface area (Å²) in [7, 11) is 0. The van der Waals surface area contributed by atoms with Gasteiger partial charge >= 0.3 is 11.7 Å². The van der Waals surface area contributed by atoms with Crippen LogP contribution in [-0.2, 0) is 19.1 Å². The molecule has 0 spiro atoms. The molecule has 2 fully saturated rings. The number of hydrogen-bond donors (Lipinski definition) is 3. The van der Waals surface area contributed by atoms with E-state index in [2.05, 4.69) is 22.5 Å². The molecule has 1 aromatic carbocycles. The largest absolute Gasteiger partial charge is 0.463 e. The van der Waals surface area contributed by atoms with Gasteiger partial charge in [-0.15, -0.1) is 0 Å². The van der Waals surface area contributed by atoms with E-state index in [1.54, 1.807) is 41.0 Å². The number of benzene rings is 1. The van der Waals surface area contributed by atoms with E-state index < -0.39 is 29.6 Å². The molecule has 0 bridgehead atoms. The number of aryl methyl sites for hydroxylation is 1. The molecule has 14 nitrogen and oxygen atoms in total. The maximum Gasteiger partial charge on any atom is 0.330 e. The Balaban J connectivity index is 1.02. The number of unbranched alkanes of at least 4 members (excludes halogenated alkanes) is 15. The van der Waals surface area contributed by atoms with Gasteiger partial charge in [-0.25, -0.2) is 4.79 Å². The fraction of sp³-hybridized carbons (Fsp3) is 0.682. The van der Waals surface area contributed by atoms with Crippen molar-refractivity contribution in [2.75, 3.05) is 52.4 Å². The second kappa shape index (κ2) is 25.9. The molecule has 3 heterocycles. The summed E-state index contributed by atoms with van der Waals surface area (Å²) in [6.45, 7) is 6.62. The van der Waals surface area contributed by atoms with E-state index in [1.165, 1.54) is 101 Å². The first-order valence-electron chi connectivity index (χ1n) is 22.0. The predicted octanol–water partition coefficient (Wildman–Crippen LogP) is 5.63. The third kappa shape index (κ3) is 16.2. The molecule has 2 aliphatic rings. The van der Waals surface area contributed by atoms with Gasteiger partial charge in [0.1, 0.15) is 12.7 Å². The van der Waals surface area contributed by atoms with Crippen molar-refractivity contribution >= 4 is 23.7 Å². The van der Waals surface area contributed by atoms with Gasteiger partial charge in [-0.1, -0.05) is 103 Å². The summed E-state index contributed by atoms with van der Waals surface area (Å²) in [6.07, 6.45) is 21.1. The van der Waals surface area contributed by atoms with Crippen LogP contribution in [0.3, 0.4) is 0 Å². The summed E-state index contributed by atoms with van der Waals surface area (Å²) < 4.78 is 12.6. The number of piperazine rings is 1. The van der Waals surface area contributed by atoms with E-state index in [9.17, 15) is 28.8 Å². The molecule has 58 heavy (non-hydrogen) atoms. The Labute approximate surface area is 343 Å². The minimum absolute atomic E-state index is 0.0196. The Morgan fingerprint density at radius 3 is 1.90 bits per heavy atom. The summed E-state index contributed by atoms with van der Waals surface area (Å²) >= 11 is 0. The molecule has 3 amide bonds. The number of esters is 1. The number of aromatic nitrogens is 2. The lowest BCUT2D eigenvalue weighted by Crippen LogP contribution is -2.50. The van der Waals surface area contributed by atoms with Crippen molar-refractivity contribution in [2.24, 2.45) is 0 Å². The second-order valence-corrected chi connectivity index (χ2v) is 15.8. The predicted molar refractivity (Wildman–Crippen MR) is 224 cm³/mol. The molecule has 2 aliphatic heterocycles. The van der Waals surface area contributed by atoms with Crippen LogP contribution < -0.4 is 21.9 Å². The van der Waals surface area contributed by atoms with Crippen LogP contribution in [0.2, 0.25) is 0 Å². The summed E-state index contributed by atoms with van der Waals surface area (Å²) in [5.74, 6) is -1.03. The van der Waals surface area contributed by atoms with E-state index in [4.69, 9.17) is 9.47 Å². The number of nitrogens with zero attached hydrogens (tertiary/aromatic N) is 3. The first-order chi connectivity index (χ1) is 28.2. The van der Waals surface area contributed by atoms with Crippen molar-refractivity contribution in [3.8, 4) is 0 Å². The number of ether oxygens (including phenoxy) is 2. The summed E-state index contributed by atoms with van der Waals surface area (Å²) in [5, 5.41) is 6.14. The van der Waals surface area contributed by atoms with Crippen molar-refractivity contribution in [3.63, 3.8) is 0 Å².